The molecule has 0 saturated carbocycles. The summed E-state index contributed by atoms with van der Waals surface area (Å²) in [5, 5.41) is 16.7. The Morgan fingerprint density at radius 2 is 1.94 bits per heavy atom. The third-order valence-corrected chi connectivity index (χ3v) is 6.18. The zero-order valence-electron chi connectivity index (χ0n) is 19.0. The summed E-state index contributed by atoms with van der Waals surface area (Å²) in [6.45, 7) is 6.23. The number of nitrogen functional groups attached to an aromatic ring is 1. The Balaban J connectivity index is 2.34. The van der Waals surface area contributed by atoms with E-state index >= 15 is 8.78 Å². The van der Waals surface area contributed by atoms with E-state index in [0.717, 1.165) is 30.5 Å². The lowest BCUT2D eigenvalue weighted by Gasteiger charge is -2.51. The first-order chi connectivity index (χ1) is 15.3. The van der Waals surface area contributed by atoms with E-state index in [1.165, 1.54) is 13.8 Å². The van der Waals surface area contributed by atoms with Crippen molar-refractivity contribution in [2.45, 2.75) is 51.4 Å². The fourth-order valence-corrected chi connectivity index (χ4v) is 4.85. The molecule has 176 valence electrons. The van der Waals surface area contributed by atoms with E-state index in [0.29, 0.717) is 28.8 Å². The first kappa shape index (κ1) is 24.5. The van der Waals surface area contributed by atoms with Gasteiger partial charge in [-0.2, -0.15) is 0 Å². The number of fused-ring (bicyclic) bond motifs is 1. The minimum Gasteiger partial charge on any atom is -0.478 e. The molecule has 8 heteroatoms. The predicted molar refractivity (Wildman–Crippen MR) is 123 cm³/mol. The molecule has 2 aromatic carbocycles. The number of nitrogens with zero attached hydrogens (tertiary/aromatic N) is 1. The Labute approximate surface area is 191 Å². The predicted octanol–water partition coefficient (Wildman–Crippen LogP) is 4.90. The van der Waals surface area contributed by atoms with Gasteiger partial charge in [0.1, 0.15) is 17.3 Å². The van der Waals surface area contributed by atoms with Crippen molar-refractivity contribution in [3.63, 3.8) is 0 Å². The van der Waals surface area contributed by atoms with Crippen LogP contribution in [0.2, 0.25) is 0 Å². The third kappa shape index (κ3) is 4.53. The molecule has 0 unspecified atom stereocenters. The van der Waals surface area contributed by atoms with Crippen molar-refractivity contribution in [2.24, 2.45) is 0 Å². The highest BCUT2D eigenvalue weighted by Crippen LogP contribution is 2.47. The van der Waals surface area contributed by atoms with Gasteiger partial charge in [0.05, 0.1) is 5.54 Å². The second kappa shape index (κ2) is 8.67. The lowest BCUT2D eigenvalue weighted by Crippen LogP contribution is -2.58. The van der Waals surface area contributed by atoms with Gasteiger partial charge in [-0.25, -0.2) is 18.0 Å². The van der Waals surface area contributed by atoms with Gasteiger partial charge in [0.25, 0.3) is 0 Å². The van der Waals surface area contributed by atoms with Crippen LogP contribution in [0.5, 0.6) is 0 Å². The second-order valence-electron chi connectivity index (χ2n) is 9.24. The van der Waals surface area contributed by atoms with Crippen LogP contribution in [-0.2, 0) is 16.8 Å². The number of benzene rings is 2. The molecule has 1 aliphatic heterocycles. The molecule has 2 atom stereocenters. The summed E-state index contributed by atoms with van der Waals surface area (Å²) in [6, 6.07) is 5.08. The Hall–Kier alpha value is -3.13. The fraction of sp³-hybridized carbons (Fsp3) is 0.360. The molecule has 2 aromatic rings. The molecule has 1 aliphatic rings. The van der Waals surface area contributed by atoms with E-state index in [1.807, 2.05) is 6.92 Å². The highest BCUT2D eigenvalue weighted by molar-refractivity contribution is 5.88. The van der Waals surface area contributed by atoms with Crippen LogP contribution in [0.15, 0.2) is 30.3 Å². The highest BCUT2D eigenvalue weighted by Gasteiger charge is 2.48. The minimum atomic E-state index is -1.65. The van der Waals surface area contributed by atoms with E-state index in [-0.39, 0.29) is 23.7 Å². The van der Waals surface area contributed by atoms with Crippen LogP contribution in [-0.4, -0.2) is 40.4 Å². The standard InChI is InChI=1S/C25H28F3N3O2/c1-14-9-16-17(12-29)21(30)7-6-18(16)25(4,31(14)13-24(2,3)28)23-19(26)10-15(11-20(23)27)5-8-22(32)33/h5-8,10-12,14,29H,9,13,30H2,1-4H3,(H,32,33)/b8-5+,29-12?/t14-,25+/m1/s1. The Morgan fingerprint density at radius 3 is 2.45 bits per heavy atom. The van der Waals surface area contributed by atoms with Gasteiger partial charge in [0.2, 0.25) is 0 Å². The average Bonchev–Trinajstić information content (AvgIpc) is 2.68. The summed E-state index contributed by atoms with van der Waals surface area (Å²) in [6.07, 6.45) is 3.46. The zero-order valence-corrected chi connectivity index (χ0v) is 19.0. The normalized spacial score (nSPS) is 21.2. The summed E-state index contributed by atoms with van der Waals surface area (Å²) in [7, 11) is 0. The van der Waals surface area contributed by atoms with Gasteiger partial charge in [0.15, 0.2) is 0 Å². The fourth-order valence-electron chi connectivity index (χ4n) is 4.85. The molecule has 0 radical (unpaired) electrons. The molecule has 0 aromatic heterocycles. The molecule has 3 rings (SSSR count). The number of hydrogen-bond acceptors (Lipinski definition) is 4. The van der Waals surface area contributed by atoms with E-state index in [4.69, 9.17) is 16.2 Å². The number of carbonyl (C=O) groups is 1. The van der Waals surface area contributed by atoms with Crippen molar-refractivity contribution in [1.82, 2.24) is 4.90 Å². The topological polar surface area (TPSA) is 90.4 Å². The van der Waals surface area contributed by atoms with Gasteiger partial charge in [-0.3, -0.25) is 4.90 Å². The molecule has 0 spiro atoms. The molecule has 1 heterocycles. The van der Waals surface area contributed by atoms with Crippen molar-refractivity contribution >= 4 is 23.9 Å². The zero-order chi connectivity index (χ0) is 24.7. The summed E-state index contributed by atoms with van der Waals surface area (Å²) < 4.78 is 46.0. The van der Waals surface area contributed by atoms with Crippen LogP contribution >= 0.6 is 0 Å². The van der Waals surface area contributed by atoms with Crippen LogP contribution in [0.1, 0.15) is 55.5 Å². The highest BCUT2D eigenvalue weighted by atomic mass is 19.1. The van der Waals surface area contributed by atoms with E-state index in [1.54, 1.807) is 24.0 Å². The molecular formula is C25H28F3N3O2. The van der Waals surface area contributed by atoms with Gasteiger partial charge < -0.3 is 16.2 Å². The van der Waals surface area contributed by atoms with Crippen molar-refractivity contribution in [1.29, 1.82) is 5.41 Å². The number of nitrogens with one attached hydrogen (secondary N) is 1. The Bertz CT molecular complexity index is 1120. The Kier molecular flexibility index (Phi) is 6.44. The van der Waals surface area contributed by atoms with Gasteiger partial charge in [0, 0.05) is 41.7 Å². The molecule has 0 aliphatic carbocycles. The molecule has 33 heavy (non-hydrogen) atoms. The molecule has 0 fully saturated rings. The quantitative estimate of drug-likeness (QED) is 0.326. The molecule has 0 bridgehead atoms. The van der Waals surface area contributed by atoms with Crippen molar-refractivity contribution in [2.75, 3.05) is 12.3 Å². The average molecular weight is 460 g/mol. The summed E-state index contributed by atoms with van der Waals surface area (Å²) in [5.41, 5.74) is 4.90. The maximum absolute atomic E-state index is 15.5. The van der Waals surface area contributed by atoms with Crippen molar-refractivity contribution in [3.05, 3.63) is 69.8 Å². The number of rotatable bonds is 6. The van der Waals surface area contributed by atoms with Gasteiger partial charge in [-0.15, -0.1) is 0 Å². The van der Waals surface area contributed by atoms with Crippen LogP contribution < -0.4 is 5.73 Å². The smallest absolute Gasteiger partial charge is 0.328 e. The number of anilines is 1. The number of halogens is 3. The van der Waals surface area contributed by atoms with E-state index in [2.05, 4.69) is 0 Å². The SMILES string of the molecule is C[C@@H]1Cc2c(ccc(N)c2C=N)[C@@](C)(c2c(F)cc(/C=C/C(=O)O)cc2F)N1CC(C)(C)F. The molecular weight excluding hydrogens is 431 g/mol. The first-order valence-corrected chi connectivity index (χ1v) is 10.6. The van der Waals surface area contributed by atoms with Gasteiger partial charge in [-0.1, -0.05) is 6.07 Å². The lowest BCUT2D eigenvalue weighted by atomic mass is 9.72. The van der Waals surface area contributed by atoms with Crippen LogP contribution in [0.25, 0.3) is 6.08 Å². The molecule has 0 saturated heterocycles. The van der Waals surface area contributed by atoms with E-state index < -0.39 is 28.8 Å². The van der Waals surface area contributed by atoms with Crippen molar-refractivity contribution in [3.8, 4) is 0 Å². The lowest BCUT2D eigenvalue weighted by molar-refractivity contribution is -0.131. The van der Waals surface area contributed by atoms with Gasteiger partial charge in [-0.05, 0) is 75.1 Å². The maximum atomic E-state index is 15.5. The number of carboxylic acid groups (broad SMARTS) is 1. The van der Waals surface area contributed by atoms with Gasteiger partial charge >= 0.3 is 5.97 Å². The molecule has 4 N–H and O–H groups in total. The largest absolute Gasteiger partial charge is 0.478 e. The second-order valence-corrected chi connectivity index (χ2v) is 9.24. The van der Waals surface area contributed by atoms with Crippen molar-refractivity contribution < 1.29 is 23.1 Å². The van der Waals surface area contributed by atoms with Crippen LogP contribution in [0.3, 0.4) is 0 Å². The summed E-state index contributed by atoms with van der Waals surface area (Å²) in [5.74, 6) is -3.00. The first-order valence-electron chi connectivity index (χ1n) is 10.6. The third-order valence-electron chi connectivity index (χ3n) is 6.18. The Morgan fingerprint density at radius 1 is 1.33 bits per heavy atom. The van der Waals surface area contributed by atoms with Crippen LogP contribution in [0.4, 0.5) is 18.9 Å². The summed E-state index contributed by atoms with van der Waals surface area (Å²) >= 11 is 0. The molecule has 5 nitrogen and oxygen atoms in total. The monoisotopic (exact) mass is 459 g/mol. The number of carboxylic acids is 1. The van der Waals surface area contributed by atoms with Crippen LogP contribution in [0, 0.1) is 17.0 Å². The number of hydrogen-bond donors (Lipinski definition) is 3. The number of aliphatic carboxylic acids is 1. The minimum absolute atomic E-state index is 0.0543. The molecule has 0 amide bonds. The summed E-state index contributed by atoms with van der Waals surface area (Å²) in [4.78, 5) is 12.5. The number of nitrogens with two attached hydrogens (primary N) is 1. The van der Waals surface area contributed by atoms with E-state index in [9.17, 15) is 9.18 Å². The maximum Gasteiger partial charge on any atom is 0.328 e. The number of alkyl halides is 1.